The minimum atomic E-state index is -4.34. The van der Waals surface area contributed by atoms with E-state index in [1.54, 1.807) is 0 Å². The Hall–Kier alpha value is -2.54. The van der Waals surface area contributed by atoms with Crippen molar-refractivity contribution in [2.75, 3.05) is 12.5 Å². The molecule has 2 aromatic rings. The summed E-state index contributed by atoms with van der Waals surface area (Å²) in [4.78, 5) is 34.8. The molecule has 2 rings (SSSR count). The van der Waals surface area contributed by atoms with E-state index in [2.05, 4.69) is 0 Å². The van der Waals surface area contributed by atoms with Crippen molar-refractivity contribution in [3.63, 3.8) is 0 Å². The molecule has 124 valence electrons. The summed E-state index contributed by atoms with van der Waals surface area (Å²) in [6.07, 6.45) is 1.26. The standard InChI is InChI=1S/C10H9N3O8S2/c1-22(18,19)5-3-4-6(12-10(15)9(14)11-4)7(13(16)17)8(5)23(2,20)21/h3H,1-2H3,(H,11,14)(H,12,15). The highest BCUT2D eigenvalue weighted by Gasteiger charge is 2.34. The Morgan fingerprint density at radius 2 is 1.52 bits per heavy atom. The number of nitrogens with zero attached hydrogens (tertiary/aromatic N) is 1. The van der Waals surface area contributed by atoms with Crippen LogP contribution in [-0.2, 0) is 19.7 Å². The molecule has 0 aliphatic rings. The molecule has 11 nitrogen and oxygen atoms in total. The van der Waals surface area contributed by atoms with Crippen molar-refractivity contribution >= 4 is 36.4 Å². The van der Waals surface area contributed by atoms with Gasteiger partial charge in [-0.05, 0) is 6.07 Å². The highest BCUT2D eigenvalue weighted by atomic mass is 32.2. The van der Waals surface area contributed by atoms with Crippen LogP contribution in [0.2, 0.25) is 0 Å². The third-order valence-electron chi connectivity index (χ3n) is 2.87. The Balaban J connectivity index is 3.34. The van der Waals surface area contributed by atoms with E-state index in [0.29, 0.717) is 12.5 Å². The second-order valence-electron chi connectivity index (χ2n) is 4.68. The first-order valence-electron chi connectivity index (χ1n) is 5.72. The van der Waals surface area contributed by atoms with E-state index >= 15 is 0 Å². The number of benzene rings is 1. The van der Waals surface area contributed by atoms with Crippen LogP contribution in [0, 0.1) is 10.1 Å². The summed E-state index contributed by atoms with van der Waals surface area (Å²) < 4.78 is 47.4. The second kappa shape index (κ2) is 4.99. The van der Waals surface area contributed by atoms with Gasteiger partial charge in [-0.1, -0.05) is 0 Å². The zero-order valence-electron chi connectivity index (χ0n) is 11.6. The Kier molecular flexibility index (Phi) is 3.65. The fourth-order valence-corrected chi connectivity index (χ4v) is 4.63. The molecule has 0 saturated carbocycles. The van der Waals surface area contributed by atoms with Crippen LogP contribution < -0.4 is 11.1 Å². The molecule has 1 aromatic carbocycles. The molecule has 0 aliphatic heterocycles. The molecule has 0 spiro atoms. The van der Waals surface area contributed by atoms with Crippen LogP contribution in [0.3, 0.4) is 0 Å². The van der Waals surface area contributed by atoms with Gasteiger partial charge in [0.25, 0.3) is 0 Å². The van der Waals surface area contributed by atoms with Gasteiger partial charge < -0.3 is 9.97 Å². The van der Waals surface area contributed by atoms with Crippen LogP contribution in [-0.4, -0.2) is 44.2 Å². The molecular weight excluding hydrogens is 354 g/mol. The zero-order valence-corrected chi connectivity index (χ0v) is 13.2. The van der Waals surface area contributed by atoms with E-state index in [-0.39, 0.29) is 5.52 Å². The molecule has 0 amide bonds. The number of H-pyrrole nitrogens is 2. The SMILES string of the molecule is CS(=O)(=O)c1cc2[nH]c(=O)c(=O)[nH]c2c([N+](=O)[O-])c1S(C)(=O)=O. The molecule has 0 bridgehead atoms. The number of nitrogens with one attached hydrogen (secondary N) is 2. The first-order chi connectivity index (χ1) is 10.3. The number of aromatic amines is 2. The van der Waals surface area contributed by atoms with Crippen molar-refractivity contribution in [3.05, 3.63) is 36.9 Å². The monoisotopic (exact) mass is 363 g/mol. The molecule has 0 aliphatic carbocycles. The van der Waals surface area contributed by atoms with Crippen molar-refractivity contribution in [3.8, 4) is 0 Å². The average Bonchev–Trinajstić information content (AvgIpc) is 2.35. The smallest absolute Gasteiger partial charge is 0.314 e. The molecule has 0 radical (unpaired) electrons. The summed E-state index contributed by atoms with van der Waals surface area (Å²) in [5.74, 6) is 0. The van der Waals surface area contributed by atoms with Gasteiger partial charge in [-0.15, -0.1) is 0 Å². The molecule has 0 atom stereocenters. The first-order valence-corrected chi connectivity index (χ1v) is 9.50. The third-order valence-corrected chi connectivity index (χ3v) is 5.27. The van der Waals surface area contributed by atoms with Crippen LogP contribution in [0.1, 0.15) is 0 Å². The fraction of sp³-hybridized carbons (Fsp3) is 0.200. The summed E-state index contributed by atoms with van der Waals surface area (Å²) >= 11 is 0. The van der Waals surface area contributed by atoms with E-state index in [1.807, 2.05) is 9.97 Å². The molecule has 2 N–H and O–H groups in total. The summed E-state index contributed by atoms with van der Waals surface area (Å²) in [5.41, 5.74) is -4.51. The van der Waals surface area contributed by atoms with Gasteiger partial charge in [0.15, 0.2) is 24.6 Å². The minimum Gasteiger partial charge on any atom is -0.316 e. The molecule has 0 unspecified atom stereocenters. The lowest BCUT2D eigenvalue weighted by Gasteiger charge is -2.09. The molecule has 0 saturated heterocycles. The van der Waals surface area contributed by atoms with Crippen molar-refractivity contribution in [2.45, 2.75) is 9.79 Å². The lowest BCUT2D eigenvalue weighted by Crippen LogP contribution is -2.29. The normalized spacial score (nSPS) is 12.4. The van der Waals surface area contributed by atoms with E-state index in [9.17, 15) is 36.5 Å². The number of aromatic nitrogens is 2. The average molecular weight is 363 g/mol. The predicted octanol–water partition coefficient (Wildman–Crippen LogP) is -1.07. The maximum Gasteiger partial charge on any atom is 0.314 e. The fourth-order valence-electron chi connectivity index (χ4n) is 2.01. The van der Waals surface area contributed by atoms with Crippen LogP contribution in [0.25, 0.3) is 11.0 Å². The maximum absolute atomic E-state index is 11.9. The van der Waals surface area contributed by atoms with Gasteiger partial charge in [-0.2, -0.15) is 0 Å². The highest BCUT2D eigenvalue weighted by Crippen LogP contribution is 2.35. The van der Waals surface area contributed by atoms with Gasteiger partial charge >= 0.3 is 16.8 Å². The van der Waals surface area contributed by atoms with Crippen LogP contribution in [0.15, 0.2) is 25.4 Å². The molecule has 0 fully saturated rings. The number of hydrogen-bond acceptors (Lipinski definition) is 8. The van der Waals surface area contributed by atoms with Gasteiger partial charge in [-0.25, -0.2) is 16.8 Å². The van der Waals surface area contributed by atoms with Crippen LogP contribution >= 0.6 is 0 Å². The van der Waals surface area contributed by atoms with Gasteiger partial charge in [0.2, 0.25) is 0 Å². The Bertz CT molecular complexity index is 1170. The Labute approximate surface area is 128 Å². The molecule has 23 heavy (non-hydrogen) atoms. The topological polar surface area (TPSA) is 177 Å². The van der Waals surface area contributed by atoms with Crippen molar-refractivity contribution in [1.29, 1.82) is 0 Å². The van der Waals surface area contributed by atoms with Gasteiger partial charge in [0.05, 0.1) is 15.3 Å². The number of hydrogen-bond donors (Lipinski definition) is 2. The zero-order chi connectivity index (χ0) is 17.7. The summed E-state index contributed by atoms with van der Waals surface area (Å²) in [5, 5.41) is 11.3. The quantitative estimate of drug-likeness (QED) is 0.393. The molecule has 1 heterocycles. The van der Waals surface area contributed by atoms with E-state index in [0.717, 1.165) is 6.07 Å². The number of nitro groups is 1. The van der Waals surface area contributed by atoms with E-state index in [4.69, 9.17) is 0 Å². The van der Waals surface area contributed by atoms with Crippen molar-refractivity contribution in [2.24, 2.45) is 0 Å². The minimum absolute atomic E-state index is 0.380. The molecule has 13 heteroatoms. The van der Waals surface area contributed by atoms with Gasteiger partial charge in [-0.3, -0.25) is 19.7 Å². The Morgan fingerprint density at radius 3 is 1.96 bits per heavy atom. The predicted molar refractivity (Wildman–Crippen MR) is 78.1 cm³/mol. The highest BCUT2D eigenvalue weighted by molar-refractivity contribution is 7.94. The van der Waals surface area contributed by atoms with Crippen molar-refractivity contribution < 1.29 is 21.8 Å². The summed E-state index contributed by atoms with van der Waals surface area (Å²) in [6.45, 7) is 0. The van der Waals surface area contributed by atoms with Crippen molar-refractivity contribution in [1.82, 2.24) is 9.97 Å². The Morgan fingerprint density at radius 1 is 1.00 bits per heavy atom. The van der Waals surface area contributed by atoms with Gasteiger partial charge in [0, 0.05) is 12.5 Å². The molecule has 1 aromatic heterocycles. The van der Waals surface area contributed by atoms with Crippen LogP contribution in [0.4, 0.5) is 5.69 Å². The van der Waals surface area contributed by atoms with Crippen LogP contribution in [0.5, 0.6) is 0 Å². The van der Waals surface area contributed by atoms with Gasteiger partial charge in [0.1, 0.15) is 5.52 Å². The summed E-state index contributed by atoms with van der Waals surface area (Å²) in [6, 6.07) is 0.755. The summed E-state index contributed by atoms with van der Waals surface area (Å²) in [7, 11) is -8.53. The largest absolute Gasteiger partial charge is 0.316 e. The number of nitro benzene ring substituents is 1. The number of rotatable bonds is 3. The van der Waals surface area contributed by atoms with E-state index < -0.39 is 56.7 Å². The number of sulfone groups is 2. The molecular formula is C10H9N3O8S2. The first kappa shape index (κ1) is 16.8. The van der Waals surface area contributed by atoms with E-state index in [1.165, 1.54) is 0 Å². The third kappa shape index (κ3) is 2.87. The lowest BCUT2D eigenvalue weighted by molar-refractivity contribution is -0.386. The second-order valence-corrected chi connectivity index (χ2v) is 8.62. The number of fused-ring (bicyclic) bond motifs is 1. The lowest BCUT2D eigenvalue weighted by atomic mass is 10.2. The maximum atomic E-state index is 11.9.